The van der Waals surface area contributed by atoms with Crippen molar-refractivity contribution in [3.63, 3.8) is 0 Å². The second-order valence-electron chi connectivity index (χ2n) is 23.9. The number of phenolic OH excluding ortho intramolecular Hbond substituents is 1. The maximum Gasteiger partial charge on any atom is 0.317 e. The molecular weight excluding hydrogens is 1290 g/mol. The third kappa shape index (κ3) is 24.5. The van der Waals surface area contributed by atoms with Gasteiger partial charge in [0.1, 0.15) is 42.0 Å². The fourth-order valence-corrected chi connectivity index (χ4v) is 13.6. The third-order valence-electron chi connectivity index (χ3n) is 15.8. The Morgan fingerprint density at radius 3 is 1.87 bits per heavy atom. The first kappa shape index (κ1) is 75.2. The highest BCUT2D eigenvalue weighted by molar-refractivity contribution is 8.76. The summed E-state index contributed by atoms with van der Waals surface area (Å²) in [4.78, 5) is 173. The van der Waals surface area contributed by atoms with Gasteiger partial charge in [-0.3, -0.25) is 77.1 Å². The van der Waals surface area contributed by atoms with E-state index in [0.717, 1.165) is 15.7 Å². The third-order valence-corrected chi connectivity index (χ3v) is 18.7. The number of carboxylic acids is 4. The molecule has 0 spiro atoms. The fraction of sp³-hybridized carbons (Fsp3) is 0.567. The van der Waals surface area contributed by atoms with Crippen molar-refractivity contribution in [3.05, 3.63) is 64.8 Å². The Kier molecular flexibility index (Phi) is 29.4. The number of carbonyl (C=O) groups excluding carboxylic acids is 8. The molecule has 0 unspecified atom stereocenters. The summed E-state index contributed by atoms with van der Waals surface area (Å²) in [5.41, 5.74) is 1.57. The molecule has 3 saturated heterocycles. The Balaban J connectivity index is 1.29. The summed E-state index contributed by atoms with van der Waals surface area (Å²) in [5, 5.41) is 79.6. The van der Waals surface area contributed by atoms with Crippen LogP contribution in [-0.4, -0.2) is 283 Å². The standard InChI is InChI=1S/C60H84ClN13O18S2/c1-34(2)20-43-57(89)64-35(3)32-93-94-33-46(60(92)74-27-38(75)24-47(74)59(91)68-44(55(87)63-26-49(77)65-43)22-36-8-10-48(76)40(61)21-36)69-56(88)42(9-11-51(79)80)67-58(90)45(23-37-25-62-41-7-5-4-6-39(37)41)66-50(78)28-70-12-14-71(29-52(81)82)16-18-73(31-54(85)86)19-17-72(15-13-70)30-53(83)84/h4-8,10,21,25,34-35,38,42-47,62,75-76H,9,11-20,22-24,26-33H2,1-3H3,(H,63,87)(H,64,89)(H,65,77)(H,66,78)(H,67,90)(H,68,91)(H,69,88)(H,79,80)(H,81,82)(H,83,84)(H,85,86)/t35-,38-,42-,43+,44+,45+,46+,47+/m1/s1. The maximum atomic E-state index is 15.0. The van der Waals surface area contributed by atoms with Crippen LogP contribution in [0, 0.1) is 5.92 Å². The monoisotopic (exact) mass is 1370 g/mol. The van der Waals surface area contributed by atoms with E-state index in [2.05, 4.69) is 42.2 Å². The predicted molar refractivity (Wildman–Crippen MR) is 345 cm³/mol. The van der Waals surface area contributed by atoms with Crippen LogP contribution >= 0.6 is 33.2 Å². The van der Waals surface area contributed by atoms with Crippen molar-refractivity contribution in [2.24, 2.45) is 5.92 Å². The number of fused-ring (bicyclic) bond motifs is 2. The Morgan fingerprint density at radius 1 is 0.691 bits per heavy atom. The van der Waals surface area contributed by atoms with Crippen LogP contribution in [0.2, 0.25) is 5.02 Å². The average Bonchev–Trinajstić information content (AvgIpc) is 1.64. The van der Waals surface area contributed by atoms with Gasteiger partial charge in [0.25, 0.3) is 0 Å². The van der Waals surface area contributed by atoms with Crippen molar-refractivity contribution in [2.45, 2.75) is 108 Å². The van der Waals surface area contributed by atoms with Gasteiger partial charge in [-0.1, -0.05) is 71.3 Å². The number of aromatic nitrogens is 1. The Hall–Kier alpha value is -7.79. The number of benzene rings is 2. The molecule has 0 saturated carbocycles. The van der Waals surface area contributed by atoms with Crippen LogP contribution < -0.4 is 37.2 Å². The van der Waals surface area contributed by atoms with Crippen LogP contribution in [0.5, 0.6) is 5.75 Å². The molecule has 3 aliphatic heterocycles. The molecule has 8 atom stereocenters. The molecule has 8 amide bonds. The van der Waals surface area contributed by atoms with E-state index in [4.69, 9.17) is 11.6 Å². The molecule has 3 fully saturated rings. The number of carbonyl (C=O) groups is 12. The van der Waals surface area contributed by atoms with Crippen LogP contribution in [0.3, 0.4) is 0 Å². The number of hydrogen-bond acceptors (Lipinski definition) is 20. The maximum absolute atomic E-state index is 15.0. The van der Waals surface area contributed by atoms with E-state index in [0.29, 0.717) is 22.0 Å². The van der Waals surface area contributed by atoms with Gasteiger partial charge in [-0.15, -0.1) is 0 Å². The zero-order chi connectivity index (χ0) is 68.8. The lowest BCUT2D eigenvalue weighted by Gasteiger charge is -2.33. The zero-order valence-electron chi connectivity index (χ0n) is 52.4. The van der Waals surface area contributed by atoms with Gasteiger partial charge in [0.15, 0.2) is 0 Å². The van der Waals surface area contributed by atoms with Crippen LogP contribution in [0.4, 0.5) is 0 Å². The summed E-state index contributed by atoms with van der Waals surface area (Å²) in [6.45, 7) is 3.43. The second kappa shape index (κ2) is 36.8. The van der Waals surface area contributed by atoms with E-state index < -0.39 is 165 Å². The summed E-state index contributed by atoms with van der Waals surface area (Å²) in [6.07, 6.45) is -1.50. The highest BCUT2D eigenvalue weighted by atomic mass is 35.5. The molecular formula is C60H84ClN13O18S2. The van der Waals surface area contributed by atoms with Gasteiger partial charge < -0.3 is 77.7 Å². The number of aromatic hydroxyl groups is 1. The van der Waals surface area contributed by atoms with E-state index >= 15 is 4.79 Å². The van der Waals surface area contributed by atoms with Crippen molar-refractivity contribution >= 4 is 115 Å². The molecule has 31 nitrogen and oxygen atoms in total. The number of amides is 8. The van der Waals surface area contributed by atoms with Crippen LogP contribution in [-0.2, 0) is 70.4 Å². The van der Waals surface area contributed by atoms with E-state index in [-0.39, 0.29) is 113 Å². The summed E-state index contributed by atoms with van der Waals surface area (Å²) in [6, 6.07) is 1.85. The number of para-hydroxylation sites is 1. The number of nitrogens with one attached hydrogen (secondary N) is 8. The van der Waals surface area contributed by atoms with Gasteiger partial charge >= 0.3 is 23.9 Å². The number of H-pyrrole nitrogens is 1. The molecule has 0 radical (unpaired) electrons. The number of aromatic amines is 1. The van der Waals surface area contributed by atoms with Crippen LogP contribution in [0.1, 0.15) is 57.6 Å². The number of carboxylic acid groups (broad SMARTS) is 4. The average molecular weight is 1370 g/mol. The van der Waals surface area contributed by atoms with Crippen molar-refractivity contribution in [2.75, 3.05) is 103 Å². The minimum Gasteiger partial charge on any atom is -0.506 e. The van der Waals surface area contributed by atoms with Gasteiger partial charge in [-0.25, -0.2) is 0 Å². The summed E-state index contributed by atoms with van der Waals surface area (Å²) >= 11 is 6.21. The molecule has 516 valence electrons. The highest BCUT2D eigenvalue weighted by Gasteiger charge is 2.43. The number of aliphatic carboxylic acids is 4. The predicted octanol–water partition coefficient (Wildman–Crippen LogP) is -1.90. The minimum absolute atomic E-state index is 0.0551. The number of phenols is 1. The van der Waals surface area contributed by atoms with E-state index in [1.807, 2.05) is 13.8 Å². The second-order valence-corrected chi connectivity index (χ2v) is 26.9. The first-order chi connectivity index (χ1) is 44.6. The van der Waals surface area contributed by atoms with Crippen molar-refractivity contribution in [1.29, 1.82) is 0 Å². The molecule has 6 rings (SSSR count). The van der Waals surface area contributed by atoms with E-state index in [1.165, 1.54) is 29.0 Å². The van der Waals surface area contributed by atoms with Gasteiger partial charge in [0, 0.05) is 119 Å². The SMILES string of the molecule is CC(C)C[C@@H]1NC(=O)CNC(=O)[C@H](Cc2ccc(O)c(Cl)c2)NC(=O)[C@@H]2C[C@@H](O)CN2C(=O)[C@@H](NC(=O)[C@@H](CCC(=O)O)NC(=O)[C@H](Cc2c[nH]c3ccccc23)NC(=O)CN2CCN(CC(=O)O)CCN(CC(=O)O)CCN(CC(=O)O)CC2)CSSC[C@@H](C)NC1=O. The lowest BCUT2D eigenvalue weighted by molar-refractivity contribution is -0.142. The highest BCUT2D eigenvalue weighted by Crippen LogP contribution is 2.28. The van der Waals surface area contributed by atoms with Crippen molar-refractivity contribution < 1.29 is 88.2 Å². The molecule has 4 heterocycles. The van der Waals surface area contributed by atoms with Gasteiger partial charge in [0.2, 0.25) is 47.3 Å². The van der Waals surface area contributed by atoms with Crippen LogP contribution in [0.15, 0.2) is 48.7 Å². The number of rotatable bonds is 22. The fourth-order valence-electron chi connectivity index (χ4n) is 11.0. The van der Waals surface area contributed by atoms with E-state index in [1.54, 1.807) is 57.0 Å². The quantitative estimate of drug-likeness (QED) is 0.0489. The summed E-state index contributed by atoms with van der Waals surface area (Å²) < 4.78 is 0. The van der Waals surface area contributed by atoms with Gasteiger partial charge in [0.05, 0.1) is 43.9 Å². The zero-order valence-corrected chi connectivity index (χ0v) is 54.8. The Labute approximate surface area is 554 Å². The Bertz CT molecular complexity index is 3170. The minimum atomic E-state index is -1.72. The molecule has 1 aromatic heterocycles. The molecule has 3 aliphatic rings. The van der Waals surface area contributed by atoms with Crippen molar-refractivity contribution in [3.8, 4) is 5.75 Å². The molecule has 94 heavy (non-hydrogen) atoms. The molecule has 14 N–H and O–H groups in total. The first-order valence-corrected chi connectivity index (χ1v) is 33.6. The topological polar surface area (TPSA) is 442 Å². The number of aliphatic hydroxyl groups excluding tert-OH is 1. The number of aliphatic hydroxyl groups is 1. The number of nitrogens with zero attached hydrogens (tertiary/aromatic N) is 5. The summed E-state index contributed by atoms with van der Waals surface area (Å²) in [5.74, 6) is -11.9. The van der Waals surface area contributed by atoms with Crippen LogP contribution in [0.25, 0.3) is 10.9 Å². The smallest absolute Gasteiger partial charge is 0.317 e. The largest absolute Gasteiger partial charge is 0.506 e. The lowest BCUT2D eigenvalue weighted by Crippen LogP contribution is -2.60. The Morgan fingerprint density at radius 2 is 1.29 bits per heavy atom. The van der Waals surface area contributed by atoms with Crippen molar-refractivity contribution in [1.82, 2.24) is 66.7 Å². The summed E-state index contributed by atoms with van der Waals surface area (Å²) in [7, 11) is 2.26. The molecule has 0 aliphatic carbocycles. The molecule has 3 aromatic rings. The van der Waals surface area contributed by atoms with E-state index in [9.17, 15) is 83.4 Å². The van der Waals surface area contributed by atoms with Gasteiger partial charge in [-0.2, -0.15) is 0 Å². The molecule has 2 aromatic carbocycles. The first-order valence-electron chi connectivity index (χ1n) is 30.7. The number of hydrogen-bond donors (Lipinski definition) is 14. The molecule has 34 heteroatoms. The molecule has 0 bridgehead atoms. The lowest BCUT2D eigenvalue weighted by atomic mass is 10.0. The normalized spacial score (nSPS) is 22.6. The van der Waals surface area contributed by atoms with Gasteiger partial charge in [-0.05, 0) is 55.0 Å². The number of halogens is 1.